The molecule has 3 rings (SSSR count). The molecule has 1 aromatic rings. The summed E-state index contributed by atoms with van der Waals surface area (Å²) < 4.78 is 79.0. The predicted molar refractivity (Wildman–Crippen MR) is 80.3 cm³/mol. The number of sulfonamides is 1. The minimum absolute atomic E-state index is 0.251. The molecule has 0 radical (unpaired) electrons. The molecular formula is C15H18F3NO5S. The number of hydrogen-bond acceptors (Lipinski definition) is 5. The molecule has 1 aromatic carbocycles. The van der Waals surface area contributed by atoms with Crippen LogP contribution in [0.4, 0.5) is 13.2 Å². The maximum Gasteiger partial charge on any atom is 0.573 e. The monoisotopic (exact) mass is 381 g/mol. The number of alkyl halides is 3. The van der Waals surface area contributed by atoms with E-state index in [1.54, 1.807) is 0 Å². The summed E-state index contributed by atoms with van der Waals surface area (Å²) in [7, 11) is -4.00. The van der Waals surface area contributed by atoms with E-state index in [4.69, 9.17) is 9.47 Å². The highest BCUT2D eigenvalue weighted by Gasteiger charge is 2.40. The molecule has 2 saturated heterocycles. The maximum absolute atomic E-state index is 13.0. The van der Waals surface area contributed by atoms with Crippen LogP contribution in [-0.4, -0.2) is 51.2 Å². The van der Waals surface area contributed by atoms with E-state index in [1.165, 1.54) is 16.4 Å². The Balaban J connectivity index is 1.87. The van der Waals surface area contributed by atoms with Crippen molar-refractivity contribution >= 4 is 10.0 Å². The molecule has 0 aliphatic carbocycles. The highest BCUT2D eigenvalue weighted by molar-refractivity contribution is 7.89. The number of benzene rings is 1. The van der Waals surface area contributed by atoms with E-state index in [0.29, 0.717) is 26.1 Å². The van der Waals surface area contributed by atoms with Crippen LogP contribution in [0.25, 0.3) is 0 Å². The first-order valence-corrected chi connectivity index (χ1v) is 9.32. The van der Waals surface area contributed by atoms with Crippen molar-refractivity contribution in [3.63, 3.8) is 0 Å². The molecule has 6 nitrogen and oxygen atoms in total. The average molecular weight is 381 g/mol. The molecule has 0 aromatic heterocycles. The predicted octanol–water partition coefficient (Wildman–Crippen LogP) is 2.50. The molecule has 140 valence electrons. The second-order valence-electron chi connectivity index (χ2n) is 5.81. The third kappa shape index (κ3) is 4.25. The number of rotatable bonds is 4. The Bertz CT molecular complexity index is 703. The molecule has 2 aliphatic heterocycles. The van der Waals surface area contributed by atoms with Gasteiger partial charge in [0.15, 0.2) is 6.29 Å². The lowest BCUT2D eigenvalue weighted by atomic mass is 10.0. The van der Waals surface area contributed by atoms with Gasteiger partial charge in [-0.2, -0.15) is 4.31 Å². The van der Waals surface area contributed by atoms with Gasteiger partial charge < -0.3 is 14.2 Å². The fourth-order valence-corrected chi connectivity index (χ4v) is 4.78. The van der Waals surface area contributed by atoms with E-state index in [9.17, 15) is 21.6 Å². The molecule has 1 atom stereocenters. The van der Waals surface area contributed by atoms with Crippen LogP contribution in [0.1, 0.15) is 19.3 Å². The first-order chi connectivity index (χ1) is 11.8. The van der Waals surface area contributed by atoms with E-state index in [2.05, 4.69) is 4.74 Å². The Labute approximate surface area is 143 Å². The van der Waals surface area contributed by atoms with Gasteiger partial charge in [0.1, 0.15) is 5.75 Å². The molecule has 2 fully saturated rings. The number of piperidine rings is 1. The van der Waals surface area contributed by atoms with E-state index in [-0.39, 0.29) is 11.4 Å². The number of hydrogen-bond donors (Lipinski definition) is 0. The molecule has 2 heterocycles. The molecule has 10 heteroatoms. The summed E-state index contributed by atoms with van der Waals surface area (Å²) >= 11 is 0. The minimum atomic E-state index is -4.89. The van der Waals surface area contributed by atoms with E-state index >= 15 is 0 Å². The lowest BCUT2D eigenvalue weighted by Gasteiger charge is -2.36. The lowest BCUT2D eigenvalue weighted by Crippen LogP contribution is -2.50. The zero-order valence-corrected chi connectivity index (χ0v) is 14.1. The Hall–Kier alpha value is -1.36. The minimum Gasteiger partial charge on any atom is -0.406 e. The standard InChI is InChI=1S/C15H18F3NO5S/c16-15(17,18)24-11-4-3-5-12(10-11)25(20,21)19-7-2-1-6-13(19)14-22-8-9-23-14/h3-5,10,13-14H,1-2,6-9H2/t13-/m0/s1. The van der Waals surface area contributed by atoms with Crippen molar-refractivity contribution in [1.29, 1.82) is 0 Å². The summed E-state index contributed by atoms with van der Waals surface area (Å²) in [5.74, 6) is -0.574. The third-order valence-corrected chi connectivity index (χ3v) is 6.03. The summed E-state index contributed by atoms with van der Waals surface area (Å²) in [4.78, 5) is -0.251. The van der Waals surface area contributed by atoms with Gasteiger partial charge >= 0.3 is 6.36 Å². The normalized spacial score (nSPS) is 23.7. The van der Waals surface area contributed by atoms with Crippen molar-refractivity contribution in [2.45, 2.75) is 42.9 Å². The average Bonchev–Trinajstić information content (AvgIpc) is 3.08. The molecule has 0 unspecified atom stereocenters. The van der Waals surface area contributed by atoms with Crippen molar-refractivity contribution < 1.29 is 35.8 Å². The largest absolute Gasteiger partial charge is 0.573 e. The van der Waals surface area contributed by atoms with Gasteiger partial charge in [-0.05, 0) is 25.0 Å². The Morgan fingerprint density at radius 1 is 1.16 bits per heavy atom. The van der Waals surface area contributed by atoms with E-state index in [0.717, 1.165) is 18.6 Å². The molecule has 25 heavy (non-hydrogen) atoms. The molecule has 0 N–H and O–H groups in total. The summed E-state index contributed by atoms with van der Waals surface area (Å²) in [6, 6.07) is 3.91. The summed E-state index contributed by atoms with van der Waals surface area (Å²) in [5, 5.41) is 0. The quantitative estimate of drug-likeness (QED) is 0.802. The second-order valence-corrected chi connectivity index (χ2v) is 7.70. The lowest BCUT2D eigenvalue weighted by molar-refractivity contribution is -0.274. The van der Waals surface area contributed by atoms with Crippen molar-refractivity contribution in [1.82, 2.24) is 4.31 Å². The molecule has 0 saturated carbocycles. The highest BCUT2D eigenvalue weighted by atomic mass is 32.2. The Morgan fingerprint density at radius 3 is 2.56 bits per heavy atom. The third-order valence-electron chi connectivity index (χ3n) is 4.11. The molecule has 0 bridgehead atoms. The maximum atomic E-state index is 13.0. The van der Waals surface area contributed by atoms with Crippen LogP contribution >= 0.6 is 0 Å². The first-order valence-electron chi connectivity index (χ1n) is 7.88. The SMILES string of the molecule is O=S(=O)(c1cccc(OC(F)(F)F)c1)N1CCCC[C@H]1C1OCCO1. The summed E-state index contributed by atoms with van der Waals surface area (Å²) in [6.45, 7) is 1.05. The number of ether oxygens (including phenoxy) is 3. The summed E-state index contributed by atoms with van der Waals surface area (Å²) in [6.07, 6.45) is -3.47. The van der Waals surface area contributed by atoms with Crippen LogP contribution in [0, 0.1) is 0 Å². The van der Waals surface area contributed by atoms with Crippen molar-refractivity contribution in [3.8, 4) is 5.75 Å². The van der Waals surface area contributed by atoms with Gasteiger partial charge in [-0.1, -0.05) is 12.5 Å². The van der Waals surface area contributed by atoms with Gasteiger partial charge in [0, 0.05) is 12.6 Å². The Morgan fingerprint density at radius 2 is 1.88 bits per heavy atom. The second kappa shape index (κ2) is 7.10. The highest BCUT2D eigenvalue weighted by Crippen LogP contribution is 2.32. The van der Waals surface area contributed by atoms with Crippen molar-refractivity contribution in [3.05, 3.63) is 24.3 Å². The van der Waals surface area contributed by atoms with E-state index < -0.39 is 34.5 Å². The molecule has 2 aliphatic rings. The topological polar surface area (TPSA) is 65.1 Å². The van der Waals surface area contributed by atoms with Gasteiger partial charge in [0.25, 0.3) is 0 Å². The van der Waals surface area contributed by atoms with Gasteiger partial charge in [-0.15, -0.1) is 13.2 Å². The van der Waals surface area contributed by atoms with Gasteiger partial charge in [0.2, 0.25) is 10.0 Å². The summed E-state index contributed by atoms with van der Waals surface area (Å²) in [5.41, 5.74) is 0. The van der Waals surface area contributed by atoms with Crippen molar-refractivity contribution in [2.75, 3.05) is 19.8 Å². The fourth-order valence-electron chi connectivity index (χ4n) is 3.07. The smallest absolute Gasteiger partial charge is 0.406 e. The fraction of sp³-hybridized carbons (Fsp3) is 0.600. The number of halogens is 3. The molecular weight excluding hydrogens is 363 g/mol. The van der Waals surface area contributed by atoms with Crippen LogP contribution in [0.3, 0.4) is 0 Å². The van der Waals surface area contributed by atoms with Gasteiger partial charge in [-0.25, -0.2) is 8.42 Å². The van der Waals surface area contributed by atoms with Gasteiger partial charge in [0.05, 0.1) is 24.2 Å². The molecule has 0 amide bonds. The van der Waals surface area contributed by atoms with Gasteiger partial charge in [-0.3, -0.25) is 0 Å². The number of nitrogens with zero attached hydrogens (tertiary/aromatic N) is 1. The van der Waals surface area contributed by atoms with Crippen LogP contribution in [-0.2, 0) is 19.5 Å². The Kier molecular flexibility index (Phi) is 5.24. The first kappa shape index (κ1) is 18.4. The van der Waals surface area contributed by atoms with Crippen LogP contribution < -0.4 is 4.74 Å². The van der Waals surface area contributed by atoms with Crippen LogP contribution in [0.5, 0.6) is 5.75 Å². The molecule has 0 spiro atoms. The zero-order valence-electron chi connectivity index (χ0n) is 13.2. The van der Waals surface area contributed by atoms with Crippen LogP contribution in [0.15, 0.2) is 29.2 Å². The van der Waals surface area contributed by atoms with E-state index in [1.807, 2.05) is 0 Å². The van der Waals surface area contributed by atoms with Crippen LogP contribution in [0.2, 0.25) is 0 Å². The zero-order chi connectivity index (χ0) is 18.1. The van der Waals surface area contributed by atoms with Crippen molar-refractivity contribution in [2.24, 2.45) is 0 Å².